The van der Waals surface area contributed by atoms with Crippen molar-refractivity contribution < 1.29 is 23.0 Å². The highest BCUT2D eigenvalue weighted by Crippen LogP contribution is 2.14. The molecule has 0 spiro atoms. The van der Waals surface area contributed by atoms with E-state index >= 15 is 0 Å². The van der Waals surface area contributed by atoms with Gasteiger partial charge in [0.25, 0.3) is 0 Å². The summed E-state index contributed by atoms with van der Waals surface area (Å²) in [5.41, 5.74) is 5.47. The number of aliphatic hydroxyl groups is 1. The number of aliphatic hydroxyl groups excluding tert-OH is 1. The van der Waals surface area contributed by atoms with Gasteiger partial charge in [0.05, 0.1) is 12.7 Å². The summed E-state index contributed by atoms with van der Waals surface area (Å²) in [6.45, 7) is -0.727. The number of nitrogens with one attached hydrogen (secondary N) is 1. The lowest BCUT2D eigenvalue weighted by atomic mass is 10.3. The Kier molecular flexibility index (Phi) is 7.68. The first-order valence-corrected chi connectivity index (χ1v) is 6.96. The molecule has 1 aromatic rings. The SMILES string of the molecule is CN(CCNc1nnc(Cl)c(N)n1)C[C@H](O)COCC(F)(F)F. The standard InChI is InChI=1S/C11H18ClF3N6O2/c1-21(4-7(22)5-23-6-11(13,14)15)3-2-17-10-18-9(16)8(12)19-20-10/h7,22H,2-6H2,1H3,(H3,16,17,18,20)/t7-/m0/s1. The Labute approximate surface area is 135 Å². The number of halogens is 4. The number of hydrogen-bond donors (Lipinski definition) is 3. The largest absolute Gasteiger partial charge is 0.411 e. The van der Waals surface area contributed by atoms with Gasteiger partial charge in [-0.1, -0.05) is 11.6 Å². The van der Waals surface area contributed by atoms with Crippen molar-refractivity contribution in [1.29, 1.82) is 0 Å². The zero-order valence-corrected chi connectivity index (χ0v) is 13.1. The van der Waals surface area contributed by atoms with Crippen LogP contribution in [0, 0.1) is 0 Å². The Morgan fingerprint density at radius 2 is 2.13 bits per heavy atom. The molecule has 0 aliphatic carbocycles. The monoisotopic (exact) mass is 358 g/mol. The number of ether oxygens (including phenoxy) is 1. The van der Waals surface area contributed by atoms with Gasteiger partial charge >= 0.3 is 6.18 Å². The average Bonchev–Trinajstić information content (AvgIpc) is 2.41. The summed E-state index contributed by atoms with van der Waals surface area (Å²) in [6, 6.07) is 0. The van der Waals surface area contributed by atoms with Crippen LogP contribution in [-0.2, 0) is 4.74 Å². The number of rotatable bonds is 9. The molecule has 1 aromatic heterocycles. The van der Waals surface area contributed by atoms with E-state index in [-0.39, 0.29) is 23.5 Å². The lowest BCUT2D eigenvalue weighted by molar-refractivity contribution is -0.179. The fourth-order valence-corrected chi connectivity index (χ4v) is 1.65. The first-order chi connectivity index (χ1) is 10.7. The van der Waals surface area contributed by atoms with E-state index in [1.807, 2.05) is 0 Å². The highest BCUT2D eigenvalue weighted by molar-refractivity contribution is 6.31. The predicted octanol–water partition coefficient (Wildman–Crippen LogP) is 0.391. The maximum atomic E-state index is 11.9. The van der Waals surface area contributed by atoms with E-state index in [1.54, 1.807) is 11.9 Å². The van der Waals surface area contributed by atoms with Crippen molar-refractivity contribution in [2.45, 2.75) is 12.3 Å². The summed E-state index contributed by atoms with van der Waals surface area (Å²) in [6.07, 6.45) is -5.42. The first kappa shape index (κ1) is 19.6. The predicted molar refractivity (Wildman–Crippen MR) is 78.1 cm³/mol. The quantitative estimate of drug-likeness (QED) is 0.581. The molecule has 1 rings (SSSR count). The Bertz CT molecular complexity index is 493. The number of aromatic nitrogens is 3. The summed E-state index contributed by atoms with van der Waals surface area (Å²) < 4.78 is 40.1. The molecule has 1 atom stereocenters. The van der Waals surface area contributed by atoms with Gasteiger partial charge in [0.15, 0.2) is 11.0 Å². The normalized spacial score (nSPS) is 13.3. The number of anilines is 2. The van der Waals surface area contributed by atoms with Gasteiger partial charge in [0, 0.05) is 19.6 Å². The minimum atomic E-state index is -4.40. The Hall–Kier alpha value is -1.43. The highest BCUT2D eigenvalue weighted by Gasteiger charge is 2.27. The number of nitrogen functional groups attached to an aromatic ring is 1. The summed E-state index contributed by atoms with van der Waals surface area (Å²) in [5, 5.41) is 19.7. The lowest BCUT2D eigenvalue weighted by Crippen LogP contribution is -2.35. The minimum absolute atomic E-state index is 0.00893. The van der Waals surface area contributed by atoms with Crippen LogP contribution in [0.3, 0.4) is 0 Å². The molecule has 8 nitrogen and oxygen atoms in total. The molecule has 0 fully saturated rings. The first-order valence-electron chi connectivity index (χ1n) is 6.58. The molecule has 0 aromatic carbocycles. The molecule has 12 heteroatoms. The second-order valence-electron chi connectivity index (χ2n) is 4.78. The maximum Gasteiger partial charge on any atom is 0.411 e. The van der Waals surface area contributed by atoms with Crippen molar-refractivity contribution in [2.75, 3.05) is 50.9 Å². The Balaban J connectivity index is 2.20. The number of nitrogens with zero attached hydrogens (tertiary/aromatic N) is 4. The molecular weight excluding hydrogens is 341 g/mol. The molecule has 0 amide bonds. The maximum absolute atomic E-state index is 11.9. The van der Waals surface area contributed by atoms with E-state index in [9.17, 15) is 18.3 Å². The van der Waals surface area contributed by atoms with Crippen molar-refractivity contribution >= 4 is 23.4 Å². The van der Waals surface area contributed by atoms with Crippen LogP contribution in [0.5, 0.6) is 0 Å². The summed E-state index contributed by atoms with van der Waals surface area (Å²) >= 11 is 5.59. The Morgan fingerprint density at radius 3 is 2.74 bits per heavy atom. The lowest BCUT2D eigenvalue weighted by Gasteiger charge is -2.20. The molecular formula is C11H18ClF3N6O2. The number of nitrogens with two attached hydrogens (primary N) is 1. The van der Waals surface area contributed by atoms with Crippen molar-refractivity contribution in [1.82, 2.24) is 20.1 Å². The highest BCUT2D eigenvalue weighted by atomic mass is 35.5. The molecule has 0 radical (unpaired) electrons. The topological polar surface area (TPSA) is 109 Å². The van der Waals surface area contributed by atoms with Gasteiger partial charge in [0.2, 0.25) is 5.95 Å². The third-order valence-electron chi connectivity index (χ3n) is 2.55. The second kappa shape index (κ2) is 9.01. The molecule has 1 heterocycles. The fourth-order valence-electron chi connectivity index (χ4n) is 1.57. The van der Waals surface area contributed by atoms with Crippen LogP contribution in [0.4, 0.5) is 24.9 Å². The van der Waals surface area contributed by atoms with Crippen LogP contribution >= 0.6 is 11.6 Å². The van der Waals surface area contributed by atoms with E-state index in [1.165, 1.54) is 0 Å². The van der Waals surface area contributed by atoms with Gasteiger partial charge in [-0.2, -0.15) is 18.2 Å². The van der Waals surface area contributed by atoms with E-state index < -0.39 is 25.5 Å². The van der Waals surface area contributed by atoms with Crippen molar-refractivity contribution in [3.05, 3.63) is 5.15 Å². The molecule has 0 saturated carbocycles. The van der Waals surface area contributed by atoms with Gasteiger partial charge in [-0.15, -0.1) is 10.2 Å². The van der Waals surface area contributed by atoms with E-state index in [4.69, 9.17) is 17.3 Å². The van der Waals surface area contributed by atoms with Gasteiger partial charge in [-0.05, 0) is 7.05 Å². The zero-order chi connectivity index (χ0) is 17.5. The Morgan fingerprint density at radius 1 is 1.43 bits per heavy atom. The van der Waals surface area contributed by atoms with Crippen LogP contribution in [0.1, 0.15) is 0 Å². The third-order valence-corrected chi connectivity index (χ3v) is 2.81. The molecule has 0 unspecified atom stereocenters. The molecule has 0 aliphatic heterocycles. The minimum Gasteiger partial charge on any atom is -0.389 e. The number of likely N-dealkylation sites (N-methyl/N-ethyl adjacent to an activating group) is 1. The molecule has 0 aliphatic rings. The molecule has 23 heavy (non-hydrogen) atoms. The molecule has 132 valence electrons. The molecule has 4 N–H and O–H groups in total. The summed E-state index contributed by atoms with van der Waals surface area (Å²) in [5.74, 6) is 0.254. The van der Waals surface area contributed by atoms with Gasteiger partial charge in [0.1, 0.15) is 6.61 Å². The summed E-state index contributed by atoms with van der Waals surface area (Å²) in [4.78, 5) is 5.57. The zero-order valence-electron chi connectivity index (χ0n) is 12.3. The molecule has 0 bridgehead atoms. The fraction of sp³-hybridized carbons (Fsp3) is 0.727. The third kappa shape index (κ3) is 8.69. The van der Waals surface area contributed by atoms with Crippen LogP contribution in [0.15, 0.2) is 0 Å². The smallest absolute Gasteiger partial charge is 0.389 e. The number of hydrogen-bond acceptors (Lipinski definition) is 8. The van der Waals surface area contributed by atoms with Crippen molar-refractivity contribution in [3.8, 4) is 0 Å². The second-order valence-corrected chi connectivity index (χ2v) is 5.14. The van der Waals surface area contributed by atoms with Crippen LogP contribution < -0.4 is 11.1 Å². The van der Waals surface area contributed by atoms with Gasteiger partial charge in [-0.25, -0.2) is 0 Å². The van der Waals surface area contributed by atoms with Crippen molar-refractivity contribution in [2.24, 2.45) is 0 Å². The van der Waals surface area contributed by atoms with E-state index in [0.29, 0.717) is 13.1 Å². The average molecular weight is 359 g/mol. The van der Waals surface area contributed by atoms with Gasteiger partial charge < -0.3 is 25.8 Å². The van der Waals surface area contributed by atoms with Crippen LogP contribution in [0.2, 0.25) is 5.15 Å². The summed E-state index contributed by atoms with van der Waals surface area (Å²) in [7, 11) is 1.70. The van der Waals surface area contributed by atoms with Gasteiger partial charge in [-0.3, -0.25) is 0 Å². The van der Waals surface area contributed by atoms with Crippen LogP contribution in [-0.4, -0.2) is 77.4 Å². The van der Waals surface area contributed by atoms with Crippen LogP contribution in [0.25, 0.3) is 0 Å². The number of alkyl halides is 3. The molecule has 0 saturated heterocycles. The van der Waals surface area contributed by atoms with Crippen molar-refractivity contribution in [3.63, 3.8) is 0 Å². The van der Waals surface area contributed by atoms with E-state index in [0.717, 1.165) is 0 Å². The van der Waals surface area contributed by atoms with E-state index in [2.05, 4.69) is 25.2 Å².